The lowest BCUT2D eigenvalue weighted by Crippen LogP contribution is -2.51. The molecular formula is C24H28N4O3. The molecule has 1 aromatic heterocycles. The quantitative estimate of drug-likeness (QED) is 0.621. The van der Waals surface area contributed by atoms with Crippen molar-refractivity contribution in [2.45, 2.75) is 39.4 Å². The molecule has 31 heavy (non-hydrogen) atoms. The molecule has 0 saturated carbocycles. The lowest BCUT2D eigenvalue weighted by atomic mass is 9.92. The Labute approximate surface area is 180 Å². The van der Waals surface area contributed by atoms with Gasteiger partial charge in [0.05, 0.1) is 11.0 Å². The van der Waals surface area contributed by atoms with E-state index < -0.39 is 11.1 Å². The van der Waals surface area contributed by atoms with Gasteiger partial charge in [0.2, 0.25) is 0 Å². The number of aryl methyl sites for hydroxylation is 1. The van der Waals surface area contributed by atoms with Gasteiger partial charge in [0.15, 0.2) is 0 Å². The molecule has 3 aromatic rings. The van der Waals surface area contributed by atoms with Crippen molar-refractivity contribution >= 4 is 16.9 Å². The SMILES string of the molecule is CCn1c(=O)c(=O)[nH]c2cc(C(=O)NC3CN(Cc4ccccc4)CCC3C)ccc21. The lowest BCUT2D eigenvalue weighted by molar-refractivity contribution is 0.0854. The second-order valence-electron chi connectivity index (χ2n) is 8.30. The largest absolute Gasteiger partial charge is 0.348 e. The van der Waals surface area contributed by atoms with Gasteiger partial charge in [-0.05, 0) is 49.6 Å². The molecule has 2 atom stereocenters. The summed E-state index contributed by atoms with van der Waals surface area (Å²) in [6.07, 6.45) is 1.02. The van der Waals surface area contributed by atoms with E-state index in [4.69, 9.17) is 0 Å². The molecule has 4 rings (SSSR count). The average molecular weight is 421 g/mol. The molecule has 1 amide bonds. The zero-order valence-electron chi connectivity index (χ0n) is 17.9. The topological polar surface area (TPSA) is 87.2 Å². The van der Waals surface area contributed by atoms with E-state index in [0.29, 0.717) is 29.1 Å². The molecular weight excluding hydrogens is 392 g/mol. The van der Waals surface area contributed by atoms with Crippen LogP contribution in [0.3, 0.4) is 0 Å². The maximum absolute atomic E-state index is 13.0. The fraction of sp³-hybridized carbons (Fsp3) is 0.375. The van der Waals surface area contributed by atoms with Gasteiger partial charge in [-0.15, -0.1) is 0 Å². The number of aromatic nitrogens is 2. The first-order valence-corrected chi connectivity index (χ1v) is 10.8. The zero-order chi connectivity index (χ0) is 22.0. The van der Waals surface area contributed by atoms with Gasteiger partial charge in [-0.1, -0.05) is 37.3 Å². The molecule has 1 saturated heterocycles. The predicted octanol–water partition coefficient (Wildman–Crippen LogP) is 2.35. The first-order chi connectivity index (χ1) is 15.0. The van der Waals surface area contributed by atoms with Gasteiger partial charge >= 0.3 is 11.1 Å². The van der Waals surface area contributed by atoms with Gasteiger partial charge in [-0.25, -0.2) is 0 Å². The Morgan fingerprint density at radius 1 is 1.16 bits per heavy atom. The maximum Gasteiger partial charge on any atom is 0.316 e. The van der Waals surface area contributed by atoms with Crippen molar-refractivity contribution in [1.29, 1.82) is 0 Å². The van der Waals surface area contributed by atoms with E-state index in [0.717, 1.165) is 26.1 Å². The number of fused-ring (bicyclic) bond motifs is 1. The third-order valence-electron chi connectivity index (χ3n) is 6.16. The van der Waals surface area contributed by atoms with E-state index >= 15 is 0 Å². The van der Waals surface area contributed by atoms with Crippen molar-refractivity contribution in [1.82, 2.24) is 19.8 Å². The molecule has 7 nitrogen and oxygen atoms in total. The van der Waals surface area contributed by atoms with Crippen LogP contribution in [0.4, 0.5) is 0 Å². The molecule has 7 heteroatoms. The molecule has 2 heterocycles. The summed E-state index contributed by atoms with van der Waals surface area (Å²) in [6, 6.07) is 15.5. The summed E-state index contributed by atoms with van der Waals surface area (Å²) in [6.45, 7) is 7.04. The predicted molar refractivity (Wildman–Crippen MR) is 121 cm³/mol. The zero-order valence-corrected chi connectivity index (χ0v) is 17.9. The van der Waals surface area contributed by atoms with Crippen LogP contribution in [0.2, 0.25) is 0 Å². The highest BCUT2D eigenvalue weighted by atomic mass is 16.2. The maximum atomic E-state index is 13.0. The Morgan fingerprint density at radius 2 is 1.94 bits per heavy atom. The first-order valence-electron chi connectivity index (χ1n) is 10.8. The van der Waals surface area contributed by atoms with Crippen LogP contribution in [0.5, 0.6) is 0 Å². The molecule has 1 fully saturated rings. The Kier molecular flexibility index (Phi) is 6.04. The van der Waals surface area contributed by atoms with Crippen LogP contribution in [0.25, 0.3) is 11.0 Å². The summed E-state index contributed by atoms with van der Waals surface area (Å²) < 4.78 is 1.42. The number of hydrogen-bond donors (Lipinski definition) is 2. The summed E-state index contributed by atoms with van der Waals surface area (Å²) >= 11 is 0. The van der Waals surface area contributed by atoms with E-state index in [2.05, 4.69) is 34.3 Å². The van der Waals surface area contributed by atoms with Crippen LogP contribution in [0.1, 0.15) is 36.2 Å². The molecule has 0 aliphatic carbocycles. The molecule has 1 aliphatic heterocycles. The van der Waals surface area contributed by atoms with E-state index in [-0.39, 0.29) is 11.9 Å². The summed E-state index contributed by atoms with van der Waals surface area (Å²) in [5, 5.41) is 3.18. The van der Waals surface area contributed by atoms with Crippen molar-refractivity contribution in [2.24, 2.45) is 5.92 Å². The van der Waals surface area contributed by atoms with Crippen molar-refractivity contribution < 1.29 is 4.79 Å². The van der Waals surface area contributed by atoms with E-state index in [1.165, 1.54) is 10.1 Å². The van der Waals surface area contributed by atoms with Gasteiger partial charge in [-0.3, -0.25) is 19.3 Å². The smallest absolute Gasteiger partial charge is 0.316 e. The van der Waals surface area contributed by atoms with Gasteiger partial charge in [0.1, 0.15) is 0 Å². The molecule has 2 unspecified atom stereocenters. The normalized spacial score (nSPS) is 19.4. The third-order valence-corrected chi connectivity index (χ3v) is 6.16. The number of carbonyl (C=O) groups is 1. The van der Waals surface area contributed by atoms with Crippen LogP contribution in [0.15, 0.2) is 58.1 Å². The van der Waals surface area contributed by atoms with Crippen LogP contribution in [-0.4, -0.2) is 39.5 Å². The number of H-pyrrole nitrogens is 1. The Bertz CT molecular complexity index is 1200. The lowest BCUT2D eigenvalue weighted by Gasteiger charge is -2.37. The van der Waals surface area contributed by atoms with Crippen LogP contribution >= 0.6 is 0 Å². The third kappa shape index (κ3) is 4.46. The van der Waals surface area contributed by atoms with Crippen molar-refractivity contribution in [3.05, 3.63) is 80.4 Å². The van der Waals surface area contributed by atoms with Crippen molar-refractivity contribution in [3.63, 3.8) is 0 Å². The number of piperidine rings is 1. The number of nitrogens with zero attached hydrogens (tertiary/aromatic N) is 2. The number of aromatic amines is 1. The number of amides is 1. The van der Waals surface area contributed by atoms with E-state index in [1.807, 2.05) is 25.1 Å². The van der Waals surface area contributed by atoms with Gasteiger partial charge in [0, 0.05) is 31.2 Å². The van der Waals surface area contributed by atoms with Gasteiger partial charge in [-0.2, -0.15) is 0 Å². The summed E-state index contributed by atoms with van der Waals surface area (Å²) in [4.78, 5) is 41.9. The first kappa shape index (κ1) is 21.1. The number of hydrogen-bond acceptors (Lipinski definition) is 4. The number of carbonyl (C=O) groups excluding carboxylic acids is 1. The minimum atomic E-state index is -0.677. The Morgan fingerprint density at radius 3 is 2.68 bits per heavy atom. The highest BCUT2D eigenvalue weighted by molar-refractivity contribution is 5.97. The van der Waals surface area contributed by atoms with E-state index in [1.54, 1.807) is 18.2 Å². The van der Waals surface area contributed by atoms with Gasteiger partial charge in [0.25, 0.3) is 5.91 Å². The van der Waals surface area contributed by atoms with Crippen LogP contribution in [-0.2, 0) is 13.1 Å². The summed E-state index contributed by atoms with van der Waals surface area (Å²) in [5.74, 6) is 0.205. The standard InChI is InChI=1S/C24H28N4O3/c1-3-28-21-10-9-18(13-19(21)25-23(30)24(28)31)22(29)26-20-15-27(12-11-16(20)2)14-17-7-5-4-6-8-17/h4-10,13,16,20H,3,11-12,14-15H2,1-2H3,(H,25,30)(H,26,29). The Balaban J connectivity index is 1.51. The van der Waals surface area contributed by atoms with Crippen molar-refractivity contribution in [3.8, 4) is 0 Å². The number of benzene rings is 2. The molecule has 1 aliphatic rings. The second kappa shape index (κ2) is 8.89. The highest BCUT2D eigenvalue weighted by Crippen LogP contribution is 2.20. The Hall–Kier alpha value is -3.19. The minimum absolute atomic E-state index is 0.0457. The minimum Gasteiger partial charge on any atom is -0.348 e. The van der Waals surface area contributed by atoms with E-state index in [9.17, 15) is 14.4 Å². The average Bonchev–Trinajstić information content (AvgIpc) is 2.77. The number of likely N-dealkylation sites (tertiary alicyclic amines) is 1. The molecule has 0 radical (unpaired) electrons. The fourth-order valence-electron chi connectivity index (χ4n) is 4.30. The monoisotopic (exact) mass is 420 g/mol. The summed E-state index contributed by atoms with van der Waals surface area (Å²) in [5.41, 5.74) is 1.58. The van der Waals surface area contributed by atoms with Gasteiger partial charge < -0.3 is 14.9 Å². The summed E-state index contributed by atoms with van der Waals surface area (Å²) in [7, 11) is 0. The number of nitrogens with one attached hydrogen (secondary N) is 2. The van der Waals surface area contributed by atoms with Crippen molar-refractivity contribution in [2.75, 3.05) is 13.1 Å². The molecule has 2 N–H and O–H groups in total. The number of rotatable bonds is 5. The second-order valence-corrected chi connectivity index (χ2v) is 8.30. The fourth-order valence-corrected chi connectivity index (χ4v) is 4.30. The molecule has 0 bridgehead atoms. The van der Waals surface area contributed by atoms with Crippen LogP contribution < -0.4 is 16.4 Å². The van der Waals surface area contributed by atoms with Crippen LogP contribution in [0, 0.1) is 5.92 Å². The highest BCUT2D eigenvalue weighted by Gasteiger charge is 2.28. The molecule has 2 aromatic carbocycles. The molecule has 162 valence electrons. The molecule has 0 spiro atoms.